The molecule has 572 valence electrons. The lowest BCUT2D eigenvalue weighted by Gasteiger charge is -2.21. The average molecular weight is 1420 g/mol. The number of aliphatic hydroxyl groups is 1. The fourth-order valence-electron chi connectivity index (χ4n) is 11.5. The van der Waals surface area contributed by atoms with E-state index in [1.54, 1.807) is 0 Å². The molecule has 0 saturated heterocycles. The van der Waals surface area contributed by atoms with Gasteiger partial charge >= 0.3 is 39.5 Å². The molecule has 0 bridgehead atoms. The minimum Gasteiger partial charge on any atom is -0.462 e. The summed E-state index contributed by atoms with van der Waals surface area (Å²) < 4.78 is 68.6. The molecule has 0 rings (SSSR count). The van der Waals surface area contributed by atoms with Crippen LogP contribution in [0.3, 0.4) is 0 Å². The van der Waals surface area contributed by atoms with E-state index in [1.165, 1.54) is 186 Å². The van der Waals surface area contributed by atoms with Crippen molar-refractivity contribution >= 4 is 39.5 Å². The number of aliphatic hydroxyl groups excluding tert-OH is 1. The monoisotopic (exact) mass is 1420 g/mol. The molecule has 3 N–H and O–H groups in total. The first-order valence-corrected chi connectivity index (χ1v) is 42.8. The maximum atomic E-state index is 13.1. The Balaban J connectivity index is 5.28. The smallest absolute Gasteiger partial charge is 0.462 e. The third-order valence-electron chi connectivity index (χ3n) is 17.6. The Morgan fingerprint density at radius 3 is 0.845 bits per heavy atom. The summed E-state index contributed by atoms with van der Waals surface area (Å²) in [6.45, 7) is 9.57. The van der Waals surface area contributed by atoms with Gasteiger partial charge in [0.25, 0.3) is 0 Å². The number of phosphoric acid groups is 2. The molecule has 0 aromatic rings. The molecule has 97 heavy (non-hydrogen) atoms. The maximum absolute atomic E-state index is 13.1. The van der Waals surface area contributed by atoms with Crippen molar-refractivity contribution in [3.05, 3.63) is 24.3 Å². The average Bonchev–Trinajstić information content (AvgIpc) is 1.05. The second-order valence-electron chi connectivity index (χ2n) is 28.4. The first kappa shape index (κ1) is 94.5. The SMILES string of the molecule is CCCCCC/C=C\C=C/CCCCCCCC(=O)O[C@H](COC(=O)CCCCCCCCCCCC)COP(=O)(O)OC[C@H](O)COP(=O)(O)OC[C@@H](COC(=O)CCCCCCCCCCCCCCCC(C)C)OC(=O)CCCCCCCCCCCCCCCC(C)C. The van der Waals surface area contributed by atoms with Crippen LogP contribution in [-0.2, 0) is 65.4 Å². The van der Waals surface area contributed by atoms with Crippen molar-refractivity contribution in [2.75, 3.05) is 39.6 Å². The molecule has 2 unspecified atom stereocenters. The predicted octanol–water partition coefficient (Wildman–Crippen LogP) is 22.7. The van der Waals surface area contributed by atoms with Gasteiger partial charge in [-0.1, -0.05) is 329 Å². The number of carbonyl (C=O) groups is 4. The standard InChI is InChI=1S/C78H148O17P2/c1-7-9-11-13-15-17-19-20-21-26-32-38-44-50-56-62-77(82)94-73(66-88-75(80)60-54-48-42-36-18-16-14-12-10-8-2)68-92-96(84,85)90-64-72(79)65-91-97(86,87)93-69-74(95-78(83)63-57-51-45-39-33-28-23-25-30-35-41-47-53-59-71(5)6)67-89-76(81)61-55-49-43-37-31-27-22-24-29-34-40-46-52-58-70(3)4/h17,19-21,70-74,79H,7-16,18,22-69H2,1-6H3,(H,84,85)(H,86,87)/b19-17-,21-20-/t72-,73+,74+/m0/s1. The molecular weight excluding hydrogens is 1270 g/mol. The number of phosphoric ester groups is 2. The topological polar surface area (TPSA) is 237 Å². The predicted molar refractivity (Wildman–Crippen MR) is 395 cm³/mol. The van der Waals surface area contributed by atoms with Crippen molar-refractivity contribution in [2.45, 2.75) is 400 Å². The van der Waals surface area contributed by atoms with Crippen molar-refractivity contribution in [3.63, 3.8) is 0 Å². The lowest BCUT2D eigenvalue weighted by atomic mass is 10.0. The number of unbranched alkanes of at least 4 members (excludes halogenated alkanes) is 42. The van der Waals surface area contributed by atoms with Crippen LogP contribution in [0.2, 0.25) is 0 Å². The van der Waals surface area contributed by atoms with E-state index in [1.807, 2.05) is 0 Å². The highest BCUT2D eigenvalue weighted by atomic mass is 31.2. The van der Waals surface area contributed by atoms with E-state index in [9.17, 15) is 43.2 Å². The quantitative estimate of drug-likeness (QED) is 0.0169. The largest absolute Gasteiger partial charge is 0.472 e. The van der Waals surface area contributed by atoms with Crippen LogP contribution in [0, 0.1) is 11.8 Å². The minimum atomic E-state index is -4.96. The van der Waals surface area contributed by atoms with Crippen molar-refractivity contribution in [3.8, 4) is 0 Å². The molecule has 0 aromatic heterocycles. The number of hydrogen-bond donors (Lipinski definition) is 3. The summed E-state index contributed by atoms with van der Waals surface area (Å²) in [4.78, 5) is 72.9. The Labute approximate surface area is 592 Å². The third-order valence-corrected chi connectivity index (χ3v) is 19.5. The normalized spacial score (nSPS) is 14.1. The second kappa shape index (κ2) is 69.3. The Hall–Kier alpha value is -2.46. The number of hydrogen-bond acceptors (Lipinski definition) is 15. The molecule has 0 aromatic carbocycles. The van der Waals surface area contributed by atoms with Crippen molar-refractivity contribution in [1.82, 2.24) is 0 Å². The van der Waals surface area contributed by atoms with Gasteiger partial charge in [-0.2, -0.15) is 0 Å². The van der Waals surface area contributed by atoms with Crippen LogP contribution in [0.25, 0.3) is 0 Å². The van der Waals surface area contributed by atoms with Gasteiger partial charge in [-0.15, -0.1) is 0 Å². The molecule has 0 amide bonds. The van der Waals surface area contributed by atoms with Gasteiger partial charge in [-0.25, -0.2) is 9.13 Å². The summed E-state index contributed by atoms with van der Waals surface area (Å²) in [7, 11) is -9.93. The van der Waals surface area contributed by atoms with Gasteiger partial charge in [0.15, 0.2) is 12.2 Å². The summed E-state index contributed by atoms with van der Waals surface area (Å²) in [5.41, 5.74) is 0. The van der Waals surface area contributed by atoms with Gasteiger partial charge in [0.1, 0.15) is 19.3 Å². The van der Waals surface area contributed by atoms with Crippen molar-refractivity contribution in [2.24, 2.45) is 11.8 Å². The first-order chi connectivity index (χ1) is 46.9. The van der Waals surface area contributed by atoms with Gasteiger partial charge in [0.05, 0.1) is 26.4 Å². The molecule has 0 aliphatic rings. The van der Waals surface area contributed by atoms with Crippen molar-refractivity contribution < 1.29 is 80.2 Å². The molecule has 0 heterocycles. The lowest BCUT2D eigenvalue weighted by Crippen LogP contribution is -2.30. The van der Waals surface area contributed by atoms with Crippen LogP contribution in [0.5, 0.6) is 0 Å². The van der Waals surface area contributed by atoms with E-state index in [4.69, 9.17) is 37.0 Å². The highest BCUT2D eigenvalue weighted by Crippen LogP contribution is 2.45. The zero-order valence-electron chi connectivity index (χ0n) is 62.9. The number of rotatable bonds is 75. The van der Waals surface area contributed by atoms with E-state index in [0.717, 1.165) is 115 Å². The summed E-state index contributed by atoms with van der Waals surface area (Å²) >= 11 is 0. The Bertz CT molecular complexity index is 1970. The molecule has 0 saturated carbocycles. The van der Waals surface area contributed by atoms with Crippen LogP contribution in [0.4, 0.5) is 0 Å². The molecule has 0 aliphatic carbocycles. The third kappa shape index (κ3) is 71.7. The van der Waals surface area contributed by atoms with Gasteiger partial charge in [-0.3, -0.25) is 37.3 Å². The van der Waals surface area contributed by atoms with E-state index in [0.29, 0.717) is 25.7 Å². The molecule has 0 radical (unpaired) electrons. The fourth-order valence-corrected chi connectivity index (χ4v) is 13.0. The lowest BCUT2D eigenvalue weighted by molar-refractivity contribution is -0.161. The summed E-state index contributed by atoms with van der Waals surface area (Å²) in [5, 5.41) is 10.6. The summed E-state index contributed by atoms with van der Waals surface area (Å²) in [6, 6.07) is 0. The van der Waals surface area contributed by atoms with Gasteiger partial charge in [-0.05, 0) is 63.2 Å². The maximum Gasteiger partial charge on any atom is 0.472 e. The second-order valence-corrected chi connectivity index (χ2v) is 31.3. The minimum absolute atomic E-state index is 0.0852. The molecule has 0 aliphatic heterocycles. The number of carbonyl (C=O) groups excluding carboxylic acids is 4. The highest BCUT2D eigenvalue weighted by molar-refractivity contribution is 7.47. The Kier molecular flexibility index (Phi) is 67.5. The van der Waals surface area contributed by atoms with Crippen LogP contribution in [0.1, 0.15) is 382 Å². The number of esters is 4. The van der Waals surface area contributed by atoms with Crippen LogP contribution < -0.4 is 0 Å². The molecule has 19 heteroatoms. The Morgan fingerprint density at radius 1 is 0.320 bits per heavy atom. The van der Waals surface area contributed by atoms with Crippen LogP contribution >= 0.6 is 15.6 Å². The van der Waals surface area contributed by atoms with Gasteiger partial charge in [0, 0.05) is 25.7 Å². The van der Waals surface area contributed by atoms with Gasteiger partial charge in [0.2, 0.25) is 0 Å². The summed E-state index contributed by atoms with van der Waals surface area (Å²) in [5.74, 6) is -0.568. The fraction of sp³-hybridized carbons (Fsp3) is 0.897. The molecule has 0 spiro atoms. The molecule has 17 nitrogen and oxygen atoms in total. The highest BCUT2D eigenvalue weighted by Gasteiger charge is 2.30. The first-order valence-electron chi connectivity index (χ1n) is 39.8. The van der Waals surface area contributed by atoms with E-state index < -0.39 is 97.5 Å². The molecular formula is C78H148O17P2. The Morgan fingerprint density at radius 2 is 0.557 bits per heavy atom. The zero-order chi connectivity index (χ0) is 71.4. The van der Waals surface area contributed by atoms with Crippen LogP contribution in [0.15, 0.2) is 24.3 Å². The van der Waals surface area contributed by atoms with Gasteiger partial charge < -0.3 is 33.8 Å². The zero-order valence-corrected chi connectivity index (χ0v) is 64.7. The van der Waals surface area contributed by atoms with E-state index in [-0.39, 0.29) is 25.7 Å². The van der Waals surface area contributed by atoms with Crippen LogP contribution in [-0.4, -0.2) is 96.7 Å². The van der Waals surface area contributed by atoms with E-state index >= 15 is 0 Å². The van der Waals surface area contributed by atoms with E-state index in [2.05, 4.69) is 65.8 Å². The summed E-state index contributed by atoms with van der Waals surface area (Å²) in [6.07, 6.45) is 60.3. The number of ether oxygens (including phenoxy) is 4. The molecule has 0 fully saturated rings. The van der Waals surface area contributed by atoms with Crippen molar-refractivity contribution in [1.29, 1.82) is 0 Å². The molecule has 5 atom stereocenters. The number of allylic oxidation sites excluding steroid dienone is 4.